The minimum absolute atomic E-state index is 0.0100. The van der Waals surface area contributed by atoms with Crippen molar-refractivity contribution in [1.82, 2.24) is 5.32 Å². The molecule has 1 saturated heterocycles. The average Bonchev–Trinajstić information content (AvgIpc) is 2.61. The molecule has 3 N–H and O–H groups in total. The molecule has 1 unspecified atom stereocenters. The number of amides is 2. The molecule has 1 fully saturated rings. The van der Waals surface area contributed by atoms with Crippen LogP contribution in [0.3, 0.4) is 0 Å². The van der Waals surface area contributed by atoms with Gasteiger partial charge in [-0.1, -0.05) is 6.07 Å². The standard InChI is InChI=1S/C17H20N2O6/c1-10-14(20)19-12-4-2-3-11(13(12)25-10)15(21)18-9-17(16(22)23)5-7-24-8-6-17/h2-4,10H,5-9H2,1H3,(H,18,21)(H,19,20)(H,22,23). The van der Waals surface area contributed by atoms with Crippen molar-refractivity contribution in [1.29, 1.82) is 0 Å². The average molecular weight is 348 g/mol. The molecule has 2 amide bonds. The zero-order valence-electron chi connectivity index (χ0n) is 13.8. The Morgan fingerprint density at radius 3 is 2.76 bits per heavy atom. The Labute approximate surface area is 144 Å². The minimum Gasteiger partial charge on any atom is -0.481 e. The highest BCUT2D eigenvalue weighted by atomic mass is 16.5. The van der Waals surface area contributed by atoms with Gasteiger partial charge in [0.15, 0.2) is 11.9 Å². The molecule has 2 aliphatic rings. The zero-order valence-corrected chi connectivity index (χ0v) is 13.8. The number of fused-ring (bicyclic) bond motifs is 1. The fourth-order valence-electron chi connectivity index (χ4n) is 2.98. The molecule has 134 valence electrons. The first-order chi connectivity index (χ1) is 11.9. The van der Waals surface area contributed by atoms with E-state index in [0.717, 1.165) is 0 Å². The second-order valence-electron chi connectivity index (χ2n) is 6.31. The predicted octanol–water partition coefficient (Wildman–Crippen LogP) is 1.02. The Morgan fingerprint density at radius 2 is 2.08 bits per heavy atom. The van der Waals surface area contributed by atoms with Crippen molar-refractivity contribution in [3.05, 3.63) is 23.8 Å². The van der Waals surface area contributed by atoms with Gasteiger partial charge < -0.3 is 25.2 Å². The van der Waals surface area contributed by atoms with E-state index in [4.69, 9.17) is 9.47 Å². The molecule has 2 heterocycles. The lowest BCUT2D eigenvalue weighted by Crippen LogP contribution is -2.46. The van der Waals surface area contributed by atoms with Crippen LogP contribution in [-0.4, -0.2) is 48.8 Å². The smallest absolute Gasteiger partial charge is 0.311 e. The van der Waals surface area contributed by atoms with Crippen LogP contribution in [0.25, 0.3) is 0 Å². The van der Waals surface area contributed by atoms with Crippen molar-refractivity contribution in [2.24, 2.45) is 5.41 Å². The number of ether oxygens (including phenoxy) is 2. The van der Waals surface area contributed by atoms with Crippen molar-refractivity contribution < 1.29 is 29.0 Å². The maximum absolute atomic E-state index is 12.6. The van der Waals surface area contributed by atoms with Gasteiger partial charge in [0, 0.05) is 19.8 Å². The second-order valence-corrected chi connectivity index (χ2v) is 6.31. The predicted molar refractivity (Wildman–Crippen MR) is 87.6 cm³/mol. The van der Waals surface area contributed by atoms with Gasteiger partial charge in [0.05, 0.1) is 16.7 Å². The molecule has 0 aliphatic carbocycles. The number of carboxylic acids is 1. The second kappa shape index (κ2) is 6.72. The topological polar surface area (TPSA) is 114 Å². The monoisotopic (exact) mass is 348 g/mol. The van der Waals surface area contributed by atoms with Crippen molar-refractivity contribution in [2.75, 3.05) is 25.1 Å². The third-order valence-electron chi connectivity index (χ3n) is 4.67. The minimum atomic E-state index is -1.02. The van der Waals surface area contributed by atoms with Gasteiger partial charge in [-0.3, -0.25) is 14.4 Å². The molecular weight excluding hydrogens is 328 g/mol. The third kappa shape index (κ3) is 3.30. The highest BCUT2D eigenvalue weighted by Crippen LogP contribution is 2.34. The van der Waals surface area contributed by atoms with E-state index >= 15 is 0 Å². The lowest BCUT2D eigenvalue weighted by molar-refractivity contribution is -0.154. The van der Waals surface area contributed by atoms with Gasteiger partial charge in [-0.2, -0.15) is 0 Å². The molecule has 3 rings (SSSR count). The molecule has 8 nitrogen and oxygen atoms in total. The summed E-state index contributed by atoms with van der Waals surface area (Å²) in [6.45, 7) is 2.32. The van der Waals surface area contributed by atoms with E-state index < -0.39 is 23.4 Å². The van der Waals surface area contributed by atoms with Gasteiger partial charge in [0.2, 0.25) is 0 Å². The Kier molecular flexibility index (Phi) is 4.63. The molecule has 8 heteroatoms. The number of hydrogen-bond acceptors (Lipinski definition) is 5. The van der Waals surface area contributed by atoms with Gasteiger partial charge in [-0.25, -0.2) is 0 Å². The number of para-hydroxylation sites is 1. The Bertz CT molecular complexity index is 711. The summed E-state index contributed by atoms with van der Waals surface area (Å²) in [5, 5.41) is 14.9. The van der Waals surface area contributed by atoms with Crippen molar-refractivity contribution in [3.8, 4) is 5.75 Å². The van der Waals surface area contributed by atoms with Crippen LogP contribution in [0.15, 0.2) is 18.2 Å². The number of nitrogens with one attached hydrogen (secondary N) is 2. The van der Waals surface area contributed by atoms with E-state index in [1.807, 2.05) is 0 Å². The summed E-state index contributed by atoms with van der Waals surface area (Å²) in [6.07, 6.45) is -0.0135. The van der Waals surface area contributed by atoms with Crippen molar-refractivity contribution >= 4 is 23.5 Å². The summed E-state index contributed by atoms with van der Waals surface area (Å²) in [5.41, 5.74) is -0.336. The van der Waals surface area contributed by atoms with Gasteiger partial charge in [-0.05, 0) is 31.9 Å². The van der Waals surface area contributed by atoms with Crippen molar-refractivity contribution in [3.63, 3.8) is 0 Å². The van der Waals surface area contributed by atoms with Gasteiger partial charge in [0.25, 0.3) is 11.8 Å². The lowest BCUT2D eigenvalue weighted by Gasteiger charge is -2.33. The SMILES string of the molecule is CC1Oc2c(cccc2C(=O)NCC2(C(=O)O)CCOCC2)NC1=O. The molecule has 0 spiro atoms. The van der Waals surface area contributed by atoms with Crippen molar-refractivity contribution in [2.45, 2.75) is 25.9 Å². The van der Waals surface area contributed by atoms with Gasteiger partial charge in [0.1, 0.15) is 0 Å². The van der Waals surface area contributed by atoms with Gasteiger partial charge >= 0.3 is 5.97 Å². The summed E-state index contributed by atoms with van der Waals surface area (Å²) in [5.74, 6) is -1.36. The number of carbonyl (C=O) groups excluding carboxylic acids is 2. The highest BCUT2D eigenvalue weighted by molar-refractivity contribution is 6.04. The molecule has 1 aromatic carbocycles. The quantitative estimate of drug-likeness (QED) is 0.748. The zero-order chi connectivity index (χ0) is 18.0. The van der Waals surface area contributed by atoms with E-state index in [0.29, 0.717) is 37.5 Å². The molecule has 0 aromatic heterocycles. The van der Waals surface area contributed by atoms with Crippen LogP contribution in [0.4, 0.5) is 5.69 Å². The number of carboxylic acid groups (broad SMARTS) is 1. The number of anilines is 1. The van der Waals surface area contributed by atoms with Crippen LogP contribution in [0.5, 0.6) is 5.75 Å². The first kappa shape index (κ1) is 17.2. The summed E-state index contributed by atoms with van der Waals surface area (Å²) < 4.78 is 10.8. The number of carbonyl (C=O) groups is 3. The van der Waals surface area contributed by atoms with Crippen LogP contribution >= 0.6 is 0 Å². The number of hydrogen-bond donors (Lipinski definition) is 3. The van der Waals surface area contributed by atoms with Crippen LogP contribution in [-0.2, 0) is 14.3 Å². The molecule has 1 atom stereocenters. The van der Waals surface area contributed by atoms with Crippen LogP contribution in [0.2, 0.25) is 0 Å². The molecule has 0 bridgehead atoms. The van der Waals surface area contributed by atoms with Crippen LogP contribution in [0, 0.1) is 5.41 Å². The van der Waals surface area contributed by atoms with E-state index in [1.54, 1.807) is 25.1 Å². The largest absolute Gasteiger partial charge is 0.481 e. The molecule has 25 heavy (non-hydrogen) atoms. The number of aliphatic carboxylic acids is 1. The Morgan fingerprint density at radius 1 is 1.36 bits per heavy atom. The Balaban J connectivity index is 1.77. The maximum atomic E-state index is 12.6. The molecule has 0 radical (unpaired) electrons. The first-order valence-corrected chi connectivity index (χ1v) is 8.13. The summed E-state index contributed by atoms with van der Waals surface area (Å²) in [4.78, 5) is 35.9. The number of rotatable bonds is 4. The lowest BCUT2D eigenvalue weighted by atomic mass is 9.80. The van der Waals surface area contributed by atoms with E-state index in [2.05, 4.69) is 10.6 Å². The van der Waals surface area contributed by atoms with Crippen LogP contribution in [0.1, 0.15) is 30.1 Å². The summed E-state index contributed by atoms with van der Waals surface area (Å²) in [6, 6.07) is 4.86. The first-order valence-electron chi connectivity index (χ1n) is 8.13. The Hall–Kier alpha value is -2.61. The van der Waals surface area contributed by atoms with E-state index in [-0.39, 0.29) is 18.0 Å². The molecule has 1 aromatic rings. The van der Waals surface area contributed by atoms with E-state index in [9.17, 15) is 19.5 Å². The normalized spacial score (nSPS) is 21.5. The maximum Gasteiger partial charge on any atom is 0.311 e. The number of benzene rings is 1. The fourth-order valence-corrected chi connectivity index (χ4v) is 2.98. The highest BCUT2D eigenvalue weighted by Gasteiger charge is 2.40. The van der Waals surface area contributed by atoms with Gasteiger partial charge in [-0.15, -0.1) is 0 Å². The van der Waals surface area contributed by atoms with Crippen LogP contribution < -0.4 is 15.4 Å². The molecular formula is C17H20N2O6. The fraction of sp³-hybridized carbons (Fsp3) is 0.471. The summed E-state index contributed by atoms with van der Waals surface area (Å²) >= 11 is 0. The molecule has 2 aliphatic heterocycles. The molecule has 0 saturated carbocycles. The summed E-state index contributed by atoms with van der Waals surface area (Å²) in [7, 11) is 0. The van der Waals surface area contributed by atoms with E-state index in [1.165, 1.54) is 0 Å². The third-order valence-corrected chi connectivity index (χ3v) is 4.67.